The smallest absolute Gasteiger partial charge is 0.0897 e. The van der Waals surface area contributed by atoms with E-state index >= 15 is 0 Å². The van der Waals surface area contributed by atoms with Crippen molar-refractivity contribution >= 4 is 11.3 Å². The molecule has 2 heterocycles. The van der Waals surface area contributed by atoms with Crippen LogP contribution in [0.15, 0.2) is 29.6 Å². The molecule has 1 N–H and O–H groups in total. The maximum atomic E-state index is 4.72. The van der Waals surface area contributed by atoms with Crippen LogP contribution in [0.5, 0.6) is 0 Å². The number of piperidine rings is 1. The first-order chi connectivity index (χ1) is 9.24. The Morgan fingerprint density at radius 3 is 2.89 bits per heavy atom. The fourth-order valence-corrected chi connectivity index (χ4v) is 3.69. The molecule has 1 fully saturated rings. The standard InChI is InChI=1S/C16H20N2S/c1-11-4-3-5-13(8-11)15-9-17-7-6-14(15)16-10-19-12(2)18-16/h3-5,8,10,14-15,17H,6-7,9H2,1-2H3. The van der Waals surface area contributed by atoms with Crippen LogP contribution in [0.3, 0.4) is 0 Å². The largest absolute Gasteiger partial charge is 0.316 e. The fraction of sp³-hybridized carbons (Fsp3) is 0.438. The van der Waals surface area contributed by atoms with Gasteiger partial charge in [0.25, 0.3) is 0 Å². The highest BCUT2D eigenvalue weighted by molar-refractivity contribution is 7.09. The second-order valence-corrected chi connectivity index (χ2v) is 6.47. The summed E-state index contributed by atoms with van der Waals surface area (Å²) >= 11 is 1.77. The van der Waals surface area contributed by atoms with Gasteiger partial charge in [-0.2, -0.15) is 0 Å². The second kappa shape index (κ2) is 5.43. The molecule has 1 saturated heterocycles. The van der Waals surface area contributed by atoms with E-state index in [0.29, 0.717) is 11.8 Å². The molecule has 0 spiro atoms. The SMILES string of the molecule is Cc1cccc(C2CNCCC2c2csc(C)n2)c1. The summed E-state index contributed by atoms with van der Waals surface area (Å²) in [7, 11) is 0. The van der Waals surface area contributed by atoms with E-state index in [0.717, 1.165) is 13.1 Å². The molecule has 3 rings (SSSR count). The number of thiazole rings is 1. The fourth-order valence-electron chi connectivity index (χ4n) is 3.01. The van der Waals surface area contributed by atoms with Crippen LogP contribution in [0.4, 0.5) is 0 Å². The zero-order chi connectivity index (χ0) is 13.2. The molecule has 1 aromatic carbocycles. The minimum Gasteiger partial charge on any atom is -0.316 e. The summed E-state index contributed by atoms with van der Waals surface area (Å²) in [5, 5.41) is 6.96. The molecule has 0 saturated carbocycles. The zero-order valence-corrected chi connectivity index (χ0v) is 12.3. The summed E-state index contributed by atoms with van der Waals surface area (Å²) in [6.07, 6.45) is 1.18. The van der Waals surface area contributed by atoms with Gasteiger partial charge in [0.2, 0.25) is 0 Å². The lowest BCUT2D eigenvalue weighted by Crippen LogP contribution is -2.34. The van der Waals surface area contributed by atoms with Crippen molar-refractivity contribution in [2.75, 3.05) is 13.1 Å². The third-order valence-electron chi connectivity index (χ3n) is 3.97. The van der Waals surface area contributed by atoms with Crippen molar-refractivity contribution in [3.8, 4) is 0 Å². The number of hydrogen-bond donors (Lipinski definition) is 1. The topological polar surface area (TPSA) is 24.9 Å². The van der Waals surface area contributed by atoms with E-state index < -0.39 is 0 Å². The maximum absolute atomic E-state index is 4.72. The van der Waals surface area contributed by atoms with Crippen LogP contribution in [-0.4, -0.2) is 18.1 Å². The van der Waals surface area contributed by atoms with Crippen LogP contribution in [0.25, 0.3) is 0 Å². The van der Waals surface area contributed by atoms with E-state index in [9.17, 15) is 0 Å². The molecule has 2 nitrogen and oxygen atoms in total. The Morgan fingerprint density at radius 2 is 2.16 bits per heavy atom. The van der Waals surface area contributed by atoms with Crippen molar-refractivity contribution in [3.05, 3.63) is 51.5 Å². The van der Waals surface area contributed by atoms with Crippen molar-refractivity contribution in [2.24, 2.45) is 0 Å². The predicted molar refractivity (Wildman–Crippen MR) is 81.0 cm³/mol. The number of aromatic nitrogens is 1. The molecule has 2 aromatic rings. The van der Waals surface area contributed by atoms with Crippen molar-refractivity contribution in [1.82, 2.24) is 10.3 Å². The molecule has 1 aromatic heterocycles. The van der Waals surface area contributed by atoms with Gasteiger partial charge in [0.05, 0.1) is 10.7 Å². The number of nitrogens with zero attached hydrogens (tertiary/aromatic N) is 1. The third kappa shape index (κ3) is 2.72. The normalized spacial score (nSPS) is 23.5. The van der Waals surface area contributed by atoms with Crippen molar-refractivity contribution < 1.29 is 0 Å². The number of hydrogen-bond acceptors (Lipinski definition) is 3. The Labute approximate surface area is 118 Å². The van der Waals surface area contributed by atoms with E-state index in [2.05, 4.69) is 48.8 Å². The highest BCUT2D eigenvalue weighted by atomic mass is 32.1. The van der Waals surface area contributed by atoms with E-state index in [1.807, 2.05) is 0 Å². The van der Waals surface area contributed by atoms with E-state index in [4.69, 9.17) is 4.98 Å². The van der Waals surface area contributed by atoms with Crippen LogP contribution in [0.1, 0.15) is 40.1 Å². The second-order valence-electron chi connectivity index (χ2n) is 5.41. The number of benzene rings is 1. The highest BCUT2D eigenvalue weighted by Crippen LogP contribution is 2.37. The van der Waals surface area contributed by atoms with E-state index in [1.54, 1.807) is 11.3 Å². The van der Waals surface area contributed by atoms with Gasteiger partial charge in [0.1, 0.15) is 0 Å². The molecule has 0 bridgehead atoms. The zero-order valence-electron chi connectivity index (χ0n) is 11.5. The summed E-state index contributed by atoms with van der Waals surface area (Å²) in [4.78, 5) is 4.72. The molecule has 19 heavy (non-hydrogen) atoms. The Balaban J connectivity index is 1.93. The van der Waals surface area contributed by atoms with Crippen LogP contribution >= 0.6 is 11.3 Å². The lowest BCUT2D eigenvalue weighted by molar-refractivity contribution is 0.399. The molecule has 1 aliphatic heterocycles. The number of aryl methyl sites for hydroxylation is 2. The van der Waals surface area contributed by atoms with Crippen LogP contribution in [0.2, 0.25) is 0 Å². The molecule has 100 valence electrons. The van der Waals surface area contributed by atoms with Crippen molar-refractivity contribution in [2.45, 2.75) is 32.1 Å². The maximum Gasteiger partial charge on any atom is 0.0897 e. The number of nitrogens with one attached hydrogen (secondary N) is 1. The van der Waals surface area contributed by atoms with Crippen molar-refractivity contribution in [1.29, 1.82) is 0 Å². The molecule has 2 unspecified atom stereocenters. The van der Waals surface area contributed by atoms with Crippen LogP contribution in [-0.2, 0) is 0 Å². The molecule has 0 radical (unpaired) electrons. The molecule has 1 aliphatic rings. The summed E-state index contributed by atoms with van der Waals surface area (Å²) < 4.78 is 0. The van der Waals surface area contributed by atoms with Gasteiger partial charge < -0.3 is 5.32 Å². The highest BCUT2D eigenvalue weighted by Gasteiger charge is 2.29. The minimum atomic E-state index is 0.551. The van der Waals surface area contributed by atoms with Gasteiger partial charge in [0.15, 0.2) is 0 Å². The quantitative estimate of drug-likeness (QED) is 0.903. The summed E-state index contributed by atoms with van der Waals surface area (Å²) in [5.74, 6) is 1.11. The molecular formula is C16H20N2S. The first kappa shape index (κ1) is 12.8. The van der Waals surface area contributed by atoms with E-state index in [-0.39, 0.29) is 0 Å². The average Bonchev–Trinajstić information content (AvgIpc) is 2.85. The minimum absolute atomic E-state index is 0.551. The van der Waals surface area contributed by atoms with Gasteiger partial charge >= 0.3 is 0 Å². The summed E-state index contributed by atoms with van der Waals surface area (Å²) in [5.41, 5.74) is 4.08. The Hall–Kier alpha value is -1.19. The van der Waals surface area contributed by atoms with Gasteiger partial charge in [-0.05, 0) is 32.4 Å². The molecule has 0 aliphatic carbocycles. The summed E-state index contributed by atoms with van der Waals surface area (Å²) in [6.45, 7) is 6.42. The molecule has 0 amide bonds. The van der Waals surface area contributed by atoms with E-state index in [1.165, 1.54) is 28.2 Å². The average molecular weight is 272 g/mol. The van der Waals surface area contributed by atoms with Crippen molar-refractivity contribution in [3.63, 3.8) is 0 Å². The Morgan fingerprint density at radius 1 is 1.26 bits per heavy atom. The monoisotopic (exact) mass is 272 g/mol. The molecular weight excluding hydrogens is 252 g/mol. The van der Waals surface area contributed by atoms with Crippen LogP contribution < -0.4 is 5.32 Å². The lowest BCUT2D eigenvalue weighted by atomic mass is 9.79. The Bertz CT molecular complexity index is 561. The third-order valence-corrected chi connectivity index (χ3v) is 4.76. The van der Waals surface area contributed by atoms with Gasteiger partial charge in [-0.15, -0.1) is 11.3 Å². The van der Waals surface area contributed by atoms with Crippen LogP contribution in [0, 0.1) is 13.8 Å². The lowest BCUT2D eigenvalue weighted by Gasteiger charge is -2.31. The first-order valence-corrected chi connectivity index (χ1v) is 7.81. The van der Waals surface area contributed by atoms with Gasteiger partial charge in [0, 0.05) is 23.8 Å². The first-order valence-electron chi connectivity index (χ1n) is 6.93. The molecule has 3 heteroatoms. The number of rotatable bonds is 2. The van der Waals surface area contributed by atoms with Gasteiger partial charge in [-0.3, -0.25) is 0 Å². The molecule has 2 atom stereocenters. The predicted octanol–water partition coefficient (Wildman–Crippen LogP) is 3.62. The van der Waals surface area contributed by atoms with Gasteiger partial charge in [-0.25, -0.2) is 4.98 Å². The van der Waals surface area contributed by atoms with Gasteiger partial charge in [-0.1, -0.05) is 29.8 Å². The summed E-state index contributed by atoms with van der Waals surface area (Å²) in [6, 6.07) is 8.92. The Kier molecular flexibility index (Phi) is 3.67.